The minimum Gasteiger partial charge on any atom is -0.490 e. The van der Waals surface area contributed by atoms with Gasteiger partial charge in [-0.25, -0.2) is 0 Å². The molecular weight excluding hydrogens is 364 g/mol. The Bertz CT molecular complexity index is 914. The summed E-state index contributed by atoms with van der Waals surface area (Å²) >= 11 is 0. The summed E-state index contributed by atoms with van der Waals surface area (Å²) in [5, 5.41) is 3.14. The van der Waals surface area contributed by atoms with Gasteiger partial charge in [0.25, 0.3) is 5.91 Å². The van der Waals surface area contributed by atoms with E-state index in [0.29, 0.717) is 36.7 Å². The van der Waals surface area contributed by atoms with Gasteiger partial charge in [0.05, 0.1) is 24.8 Å². The van der Waals surface area contributed by atoms with Gasteiger partial charge in [0.15, 0.2) is 11.5 Å². The highest BCUT2D eigenvalue weighted by Crippen LogP contribution is 2.32. The maximum atomic E-state index is 12.8. The molecule has 1 aromatic heterocycles. The fourth-order valence-electron chi connectivity index (χ4n) is 3.13. The van der Waals surface area contributed by atoms with Crippen LogP contribution in [0, 0.1) is 0 Å². The number of benzene rings is 2. The van der Waals surface area contributed by atoms with E-state index in [1.165, 1.54) is 0 Å². The van der Waals surface area contributed by atoms with Gasteiger partial charge in [-0.1, -0.05) is 36.4 Å². The highest BCUT2D eigenvalue weighted by atomic mass is 16.5. The second-order valence-electron chi connectivity index (χ2n) is 6.53. The fraction of sp³-hybridized carbons (Fsp3) is 0.250. The van der Waals surface area contributed by atoms with Crippen molar-refractivity contribution >= 4 is 5.91 Å². The number of carbonyl (C=O) groups excluding carboxylic acids is 1. The predicted octanol–water partition coefficient (Wildman–Crippen LogP) is 4.59. The molecule has 29 heavy (non-hydrogen) atoms. The van der Waals surface area contributed by atoms with Crippen LogP contribution in [0.15, 0.2) is 73.1 Å². The Balaban J connectivity index is 1.91. The zero-order valence-electron chi connectivity index (χ0n) is 16.8. The zero-order valence-corrected chi connectivity index (χ0v) is 16.8. The van der Waals surface area contributed by atoms with E-state index in [1.54, 1.807) is 24.5 Å². The Labute approximate surface area is 171 Å². The van der Waals surface area contributed by atoms with Crippen molar-refractivity contribution in [3.63, 3.8) is 0 Å². The molecule has 0 saturated heterocycles. The van der Waals surface area contributed by atoms with Gasteiger partial charge in [-0.15, -0.1) is 0 Å². The molecule has 0 fully saturated rings. The van der Waals surface area contributed by atoms with E-state index in [2.05, 4.69) is 22.4 Å². The minimum absolute atomic E-state index is 0.161. The van der Waals surface area contributed by atoms with Gasteiger partial charge in [0, 0.05) is 12.4 Å². The van der Waals surface area contributed by atoms with Crippen molar-refractivity contribution in [3.05, 3.63) is 89.7 Å². The molecule has 5 heteroatoms. The van der Waals surface area contributed by atoms with E-state index >= 15 is 0 Å². The summed E-state index contributed by atoms with van der Waals surface area (Å²) in [7, 11) is 0. The van der Waals surface area contributed by atoms with Crippen LogP contribution < -0.4 is 14.8 Å². The third-order valence-electron chi connectivity index (χ3n) is 4.48. The second-order valence-corrected chi connectivity index (χ2v) is 6.53. The number of hydrogen-bond acceptors (Lipinski definition) is 4. The minimum atomic E-state index is -0.222. The summed E-state index contributed by atoms with van der Waals surface area (Å²) in [6, 6.07) is 19.2. The molecular formula is C24H26N2O3. The first-order chi connectivity index (χ1) is 14.2. The molecule has 1 heterocycles. The number of hydrogen-bond donors (Lipinski definition) is 1. The van der Waals surface area contributed by atoms with Crippen molar-refractivity contribution in [2.24, 2.45) is 0 Å². The molecule has 2 aromatic carbocycles. The Hall–Kier alpha value is -3.34. The molecule has 150 valence electrons. The van der Waals surface area contributed by atoms with Crippen LogP contribution in [0.3, 0.4) is 0 Å². The average molecular weight is 390 g/mol. The van der Waals surface area contributed by atoms with Gasteiger partial charge < -0.3 is 14.8 Å². The highest BCUT2D eigenvalue weighted by Gasteiger charge is 2.19. The Morgan fingerprint density at radius 1 is 0.966 bits per heavy atom. The van der Waals surface area contributed by atoms with Crippen LogP contribution in [-0.4, -0.2) is 24.1 Å². The summed E-state index contributed by atoms with van der Waals surface area (Å²) in [6.45, 7) is 4.98. The summed E-state index contributed by atoms with van der Waals surface area (Å²) in [6.07, 6.45) is 3.88. The third kappa shape index (κ3) is 5.57. The first-order valence-electron chi connectivity index (χ1n) is 9.85. The summed E-state index contributed by atoms with van der Waals surface area (Å²) in [5.41, 5.74) is 2.62. The standard InChI is InChI=1S/C24H26N2O3/c1-3-28-22-13-12-19(16-23(22)29-4-2)21(15-18-9-6-5-7-10-18)26-24(27)20-11-8-14-25-17-20/h5-14,16-17,21H,3-4,15H2,1-2H3,(H,26,27)/t21-/m1/s1. The van der Waals surface area contributed by atoms with Gasteiger partial charge >= 0.3 is 0 Å². The number of nitrogens with zero attached hydrogens (tertiary/aromatic N) is 1. The monoisotopic (exact) mass is 390 g/mol. The number of carbonyl (C=O) groups is 1. The highest BCUT2D eigenvalue weighted by molar-refractivity contribution is 5.94. The SMILES string of the molecule is CCOc1ccc([C@@H](Cc2ccccc2)NC(=O)c2cccnc2)cc1OCC. The molecule has 3 aromatic rings. The number of nitrogens with one attached hydrogen (secondary N) is 1. The number of amides is 1. The van der Waals surface area contributed by atoms with Crippen molar-refractivity contribution in [1.29, 1.82) is 0 Å². The molecule has 1 N–H and O–H groups in total. The first kappa shape index (κ1) is 20.4. The summed E-state index contributed by atoms with van der Waals surface area (Å²) in [5.74, 6) is 1.22. The van der Waals surface area contributed by atoms with Gasteiger partial charge in [-0.2, -0.15) is 0 Å². The maximum absolute atomic E-state index is 12.8. The number of ether oxygens (including phenoxy) is 2. The van der Waals surface area contributed by atoms with E-state index in [4.69, 9.17) is 9.47 Å². The number of pyridine rings is 1. The number of aromatic nitrogens is 1. The molecule has 0 aliphatic carbocycles. The molecule has 0 bridgehead atoms. The molecule has 5 nitrogen and oxygen atoms in total. The van der Waals surface area contributed by atoms with Gasteiger partial charge in [-0.3, -0.25) is 9.78 Å². The molecule has 0 spiro atoms. The molecule has 0 saturated carbocycles. The lowest BCUT2D eigenvalue weighted by atomic mass is 9.98. The lowest BCUT2D eigenvalue weighted by Gasteiger charge is -2.21. The number of rotatable bonds is 9. The first-order valence-corrected chi connectivity index (χ1v) is 9.85. The lowest BCUT2D eigenvalue weighted by Crippen LogP contribution is -2.30. The van der Waals surface area contributed by atoms with E-state index in [0.717, 1.165) is 11.1 Å². The topological polar surface area (TPSA) is 60.5 Å². The largest absolute Gasteiger partial charge is 0.490 e. The van der Waals surface area contributed by atoms with Crippen molar-refractivity contribution in [3.8, 4) is 11.5 Å². The van der Waals surface area contributed by atoms with Crippen LogP contribution >= 0.6 is 0 Å². The van der Waals surface area contributed by atoms with Gasteiger partial charge in [0.1, 0.15) is 0 Å². The van der Waals surface area contributed by atoms with Crippen LogP contribution in [0.2, 0.25) is 0 Å². The van der Waals surface area contributed by atoms with E-state index in [1.807, 2.05) is 50.2 Å². The third-order valence-corrected chi connectivity index (χ3v) is 4.48. The van der Waals surface area contributed by atoms with Crippen LogP contribution in [0.1, 0.15) is 41.4 Å². The van der Waals surface area contributed by atoms with Gasteiger partial charge in [0.2, 0.25) is 0 Å². The van der Waals surface area contributed by atoms with Crippen molar-refractivity contribution in [2.75, 3.05) is 13.2 Å². The van der Waals surface area contributed by atoms with Crippen LogP contribution in [0.25, 0.3) is 0 Å². The molecule has 1 amide bonds. The van der Waals surface area contributed by atoms with E-state index < -0.39 is 0 Å². The normalized spacial score (nSPS) is 11.5. The lowest BCUT2D eigenvalue weighted by molar-refractivity contribution is 0.0936. The Morgan fingerprint density at radius 3 is 2.41 bits per heavy atom. The molecule has 0 aliphatic rings. The molecule has 0 unspecified atom stereocenters. The molecule has 0 aliphatic heterocycles. The fourth-order valence-corrected chi connectivity index (χ4v) is 3.13. The van der Waals surface area contributed by atoms with Crippen molar-refractivity contribution < 1.29 is 14.3 Å². The van der Waals surface area contributed by atoms with Crippen molar-refractivity contribution in [1.82, 2.24) is 10.3 Å². The zero-order chi connectivity index (χ0) is 20.5. The average Bonchev–Trinajstić information content (AvgIpc) is 2.76. The molecule has 1 atom stereocenters. The predicted molar refractivity (Wildman–Crippen MR) is 113 cm³/mol. The van der Waals surface area contributed by atoms with Crippen LogP contribution in [0.5, 0.6) is 11.5 Å². The smallest absolute Gasteiger partial charge is 0.253 e. The van der Waals surface area contributed by atoms with E-state index in [-0.39, 0.29) is 11.9 Å². The van der Waals surface area contributed by atoms with Crippen LogP contribution in [0.4, 0.5) is 0 Å². The Morgan fingerprint density at radius 2 is 1.72 bits per heavy atom. The molecule has 3 rings (SSSR count). The van der Waals surface area contributed by atoms with Gasteiger partial charge in [-0.05, 0) is 55.7 Å². The summed E-state index contributed by atoms with van der Waals surface area (Å²) in [4.78, 5) is 16.8. The van der Waals surface area contributed by atoms with Crippen molar-refractivity contribution in [2.45, 2.75) is 26.3 Å². The van der Waals surface area contributed by atoms with E-state index in [9.17, 15) is 4.79 Å². The summed E-state index contributed by atoms with van der Waals surface area (Å²) < 4.78 is 11.4. The quantitative estimate of drug-likeness (QED) is 0.580. The van der Waals surface area contributed by atoms with Crippen LogP contribution in [-0.2, 0) is 6.42 Å². The maximum Gasteiger partial charge on any atom is 0.253 e. The molecule has 0 radical (unpaired) electrons. The second kappa shape index (κ2) is 10.3. The Kier molecular flexibility index (Phi) is 7.22.